The molecule has 0 N–H and O–H groups in total. The van der Waals surface area contributed by atoms with Crippen molar-refractivity contribution in [1.29, 1.82) is 0 Å². The molecule has 2 nitrogen and oxygen atoms in total. The van der Waals surface area contributed by atoms with E-state index in [1.54, 1.807) is 0 Å². The molecule has 1 atom stereocenters. The number of ether oxygens (including phenoxy) is 1. The Labute approximate surface area is 110 Å². The van der Waals surface area contributed by atoms with Gasteiger partial charge in [0.15, 0.2) is 0 Å². The van der Waals surface area contributed by atoms with E-state index in [-0.39, 0.29) is 5.97 Å². The predicted octanol–water partition coefficient (Wildman–Crippen LogP) is 4.37. The second-order valence-electron chi connectivity index (χ2n) is 5.07. The van der Waals surface area contributed by atoms with Gasteiger partial charge < -0.3 is 4.74 Å². The van der Waals surface area contributed by atoms with Crippen LogP contribution in [0.15, 0.2) is 24.3 Å². The third kappa shape index (κ3) is 5.35. The van der Waals surface area contributed by atoms with Crippen molar-refractivity contribution in [3.63, 3.8) is 0 Å². The molecule has 0 amide bonds. The predicted molar refractivity (Wildman–Crippen MR) is 74.8 cm³/mol. The Balaban J connectivity index is 2.30. The van der Waals surface area contributed by atoms with E-state index in [0.29, 0.717) is 18.1 Å². The van der Waals surface area contributed by atoms with Crippen molar-refractivity contribution in [2.75, 3.05) is 6.61 Å². The van der Waals surface area contributed by atoms with E-state index in [2.05, 4.69) is 13.8 Å². The molecule has 0 unspecified atom stereocenters. The topological polar surface area (TPSA) is 26.3 Å². The van der Waals surface area contributed by atoms with E-state index in [1.807, 2.05) is 31.2 Å². The van der Waals surface area contributed by atoms with Crippen molar-refractivity contribution in [3.8, 4) is 0 Å². The van der Waals surface area contributed by atoms with Crippen LogP contribution >= 0.6 is 0 Å². The Kier molecular flexibility index (Phi) is 6.48. The van der Waals surface area contributed by atoms with E-state index < -0.39 is 0 Å². The standard InChI is InChI=1S/C16H24O2/c1-4-5-6-7-14(3)12-18-16(17)15-10-8-13(2)9-11-15/h8-11,14H,4-7,12H2,1-3H3/t14-/m1/s1. The highest BCUT2D eigenvalue weighted by Gasteiger charge is 2.09. The van der Waals surface area contributed by atoms with Gasteiger partial charge in [0.1, 0.15) is 0 Å². The van der Waals surface area contributed by atoms with Gasteiger partial charge >= 0.3 is 5.97 Å². The molecule has 2 heteroatoms. The van der Waals surface area contributed by atoms with Crippen LogP contribution in [0.2, 0.25) is 0 Å². The SMILES string of the molecule is CCCCC[C@@H](C)COC(=O)c1ccc(C)cc1. The number of carbonyl (C=O) groups excluding carboxylic acids is 1. The van der Waals surface area contributed by atoms with Crippen molar-refractivity contribution in [3.05, 3.63) is 35.4 Å². The molecule has 0 aliphatic carbocycles. The highest BCUT2D eigenvalue weighted by molar-refractivity contribution is 5.89. The normalized spacial score (nSPS) is 12.2. The third-order valence-corrected chi connectivity index (χ3v) is 3.09. The maximum absolute atomic E-state index is 11.8. The molecule has 100 valence electrons. The Morgan fingerprint density at radius 3 is 2.50 bits per heavy atom. The zero-order chi connectivity index (χ0) is 13.4. The summed E-state index contributed by atoms with van der Waals surface area (Å²) in [6.45, 7) is 6.86. The molecule has 0 bridgehead atoms. The summed E-state index contributed by atoms with van der Waals surface area (Å²) < 4.78 is 5.32. The minimum atomic E-state index is -0.211. The molecule has 0 aromatic heterocycles. The molecule has 0 saturated heterocycles. The van der Waals surface area contributed by atoms with Crippen LogP contribution in [0, 0.1) is 12.8 Å². The summed E-state index contributed by atoms with van der Waals surface area (Å²) in [5.41, 5.74) is 1.79. The molecular weight excluding hydrogens is 224 g/mol. The molecule has 18 heavy (non-hydrogen) atoms. The van der Waals surface area contributed by atoms with E-state index in [0.717, 1.165) is 12.0 Å². The first kappa shape index (κ1) is 14.7. The van der Waals surface area contributed by atoms with Gasteiger partial charge in [0.25, 0.3) is 0 Å². The summed E-state index contributed by atoms with van der Waals surface area (Å²) in [6.07, 6.45) is 4.85. The Bertz CT molecular complexity index is 354. The first-order chi connectivity index (χ1) is 8.63. The summed E-state index contributed by atoms with van der Waals surface area (Å²) in [5, 5.41) is 0. The van der Waals surface area contributed by atoms with Crippen LogP contribution in [-0.2, 0) is 4.74 Å². The number of hydrogen-bond donors (Lipinski definition) is 0. The lowest BCUT2D eigenvalue weighted by Crippen LogP contribution is -2.12. The molecule has 1 aromatic rings. The van der Waals surface area contributed by atoms with Gasteiger partial charge in [-0.15, -0.1) is 0 Å². The lowest BCUT2D eigenvalue weighted by molar-refractivity contribution is 0.0442. The number of unbranched alkanes of at least 4 members (excludes halogenated alkanes) is 2. The average molecular weight is 248 g/mol. The lowest BCUT2D eigenvalue weighted by atomic mass is 10.0. The van der Waals surface area contributed by atoms with Gasteiger partial charge in [-0.05, 0) is 31.4 Å². The molecule has 0 radical (unpaired) electrons. The fourth-order valence-corrected chi connectivity index (χ4v) is 1.82. The highest BCUT2D eigenvalue weighted by atomic mass is 16.5. The number of hydrogen-bond acceptors (Lipinski definition) is 2. The molecule has 0 aliphatic rings. The number of rotatable bonds is 7. The summed E-state index contributed by atoms with van der Waals surface area (Å²) in [6, 6.07) is 7.50. The molecule has 1 rings (SSSR count). The van der Waals surface area contributed by atoms with Crippen molar-refractivity contribution in [1.82, 2.24) is 0 Å². The molecule has 0 spiro atoms. The molecule has 1 aromatic carbocycles. The number of aryl methyl sites for hydroxylation is 1. The van der Waals surface area contributed by atoms with Gasteiger partial charge in [-0.2, -0.15) is 0 Å². The van der Waals surface area contributed by atoms with Crippen molar-refractivity contribution in [2.24, 2.45) is 5.92 Å². The second-order valence-corrected chi connectivity index (χ2v) is 5.07. The maximum Gasteiger partial charge on any atom is 0.338 e. The largest absolute Gasteiger partial charge is 0.462 e. The van der Waals surface area contributed by atoms with Gasteiger partial charge in [0, 0.05) is 0 Å². The van der Waals surface area contributed by atoms with Crippen LogP contribution in [0.1, 0.15) is 55.5 Å². The summed E-state index contributed by atoms with van der Waals surface area (Å²) in [7, 11) is 0. The van der Waals surface area contributed by atoms with Crippen LogP contribution < -0.4 is 0 Å². The fraction of sp³-hybridized carbons (Fsp3) is 0.562. The Morgan fingerprint density at radius 2 is 1.89 bits per heavy atom. The smallest absolute Gasteiger partial charge is 0.338 e. The molecule has 0 heterocycles. The van der Waals surface area contributed by atoms with Crippen LogP contribution in [0.25, 0.3) is 0 Å². The Morgan fingerprint density at radius 1 is 1.22 bits per heavy atom. The minimum absolute atomic E-state index is 0.211. The van der Waals surface area contributed by atoms with Crippen molar-refractivity contribution >= 4 is 5.97 Å². The highest BCUT2D eigenvalue weighted by Crippen LogP contribution is 2.11. The van der Waals surface area contributed by atoms with Crippen molar-refractivity contribution < 1.29 is 9.53 Å². The zero-order valence-electron chi connectivity index (χ0n) is 11.7. The number of esters is 1. The quantitative estimate of drug-likeness (QED) is 0.529. The fourth-order valence-electron chi connectivity index (χ4n) is 1.82. The molecule has 0 aliphatic heterocycles. The van der Waals surface area contributed by atoms with Crippen LogP contribution in [0.3, 0.4) is 0 Å². The molecule has 0 fully saturated rings. The van der Waals surface area contributed by atoms with Gasteiger partial charge in [-0.25, -0.2) is 4.79 Å². The Hall–Kier alpha value is -1.31. The van der Waals surface area contributed by atoms with Crippen LogP contribution in [0.5, 0.6) is 0 Å². The minimum Gasteiger partial charge on any atom is -0.462 e. The summed E-state index contributed by atoms with van der Waals surface area (Å²) in [5.74, 6) is 0.239. The summed E-state index contributed by atoms with van der Waals surface area (Å²) >= 11 is 0. The van der Waals surface area contributed by atoms with Crippen molar-refractivity contribution in [2.45, 2.75) is 46.5 Å². The lowest BCUT2D eigenvalue weighted by Gasteiger charge is -2.11. The van der Waals surface area contributed by atoms with Crippen LogP contribution in [-0.4, -0.2) is 12.6 Å². The third-order valence-electron chi connectivity index (χ3n) is 3.09. The number of carbonyl (C=O) groups is 1. The van der Waals surface area contributed by atoms with Gasteiger partial charge in [0.05, 0.1) is 12.2 Å². The van der Waals surface area contributed by atoms with Gasteiger partial charge in [-0.3, -0.25) is 0 Å². The molecular formula is C16H24O2. The molecule has 0 saturated carbocycles. The number of benzene rings is 1. The monoisotopic (exact) mass is 248 g/mol. The van der Waals surface area contributed by atoms with Crippen LogP contribution in [0.4, 0.5) is 0 Å². The maximum atomic E-state index is 11.8. The van der Waals surface area contributed by atoms with E-state index >= 15 is 0 Å². The van der Waals surface area contributed by atoms with E-state index in [9.17, 15) is 4.79 Å². The second kappa shape index (κ2) is 7.91. The van der Waals surface area contributed by atoms with Gasteiger partial charge in [-0.1, -0.05) is 50.8 Å². The van der Waals surface area contributed by atoms with E-state index in [1.165, 1.54) is 19.3 Å². The average Bonchev–Trinajstić information content (AvgIpc) is 2.37. The zero-order valence-corrected chi connectivity index (χ0v) is 11.7. The van der Waals surface area contributed by atoms with Gasteiger partial charge in [0.2, 0.25) is 0 Å². The first-order valence-electron chi connectivity index (χ1n) is 6.87. The first-order valence-corrected chi connectivity index (χ1v) is 6.87. The van der Waals surface area contributed by atoms with E-state index in [4.69, 9.17) is 4.74 Å². The summed E-state index contributed by atoms with van der Waals surface area (Å²) in [4.78, 5) is 11.8.